The molecule has 0 bridgehead atoms. The average Bonchev–Trinajstić information content (AvgIpc) is 3.24. The molecule has 1 aliphatic heterocycles. The molecule has 2 aromatic rings. The molecule has 29 heavy (non-hydrogen) atoms. The van der Waals surface area contributed by atoms with E-state index in [0.717, 1.165) is 17.5 Å². The number of H-pyrrole nitrogens is 1. The number of pyridine rings is 2. The lowest BCUT2D eigenvalue weighted by atomic mass is 10.1. The molecule has 1 amide bonds. The molecular weight excluding hydrogens is 370 g/mol. The van der Waals surface area contributed by atoms with E-state index in [4.69, 9.17) is 10.5 Å². The molecule has 0 aromatic carbocycles. The summed E-state index contributed by atoms with van der Waals surface area (Å²) in [6.45, 7) is 4.26. The molecule has 0 spiro atoms. The van der Waals surface area contributed by atoms with Crippen molar-refractivity contribution in [1.29, 1.82) is 0 Å². The maximum atomic E-state index is 12.6. The van der Waals surface area contributed by atoms with Crippen LogP contribution in [0.1, 0.15) is 13.3 Å². The van der Waals surface area contributed by atoms with Gasteiger partial charge in [-0.2, -0.15) is 0 Å². The number of rotatable bonds is 7. The van der Waals surface area contributed by atoms with Crippen LogP contribution in [0, 0.1) is 0 Å². The lowest BCUT2D eigenvalue weighted by Crippen LogP contribution is -2.41. The van der Waals surface area contributed by atoms with Gasteiger partial charge in [-0.25, -0.2) is 4.98 Å². The van der Waals surface area contributed by atoms with Gasteiger partial charge in [0.15, 0.2) is 0 Å². The highest BCUT2D eigenvalue weighted by Crippen LogP contribution is 2.26. The van der Waals surface area contributed by atoms with Gasteiger partial charge in [0, 0.05) is 62.3 Å². The summed E-state index contributed by atoms with van der Waals surface area (Å²) in [5, 5.41) is 0. The third-order valence-corrected chi connectivity index (χ3v) is 5.12. The molecule has 1 aliphatic rings. The summed E-state index contributed by atoms with van der Waals surface area (Å²) in [4.78, 5) is 35.7. The van der Waals surface area contributed by atoms with Crippen molar-refractivity contribution in [2.45, 2.75) is 19.4 Å². The number of nitrogens with two attached hydrogens (primary N) is 1. The first kappa shape index (κ1) is 20.6. The fraction of sp³-hybridized carbons (Fsp3) is 0.381. The number of nitrogens with zero attached hydrogens (tertiary/aromatic N) is 3. The van der Waals surface area contributed by atoms with Crippen LogP contribution in [0.4, 0.5) is 5.69 Å². The van der Waals surface area contributed by atoms with Crippen molar-refractivity contribution in [3.63, 3.8) is 0 Å². The Hall–Kier alpha value is -3.13. The summed E-state index contributed by atoms with van der Waals surface area (Å²) >= 11 is 0. The Morgan fingerprint density at radius 2 is 2.28 bits per heavy atom. The Labute approximate surface area is 170 Å². The van der Waals surface area contributed by atoms with Crippen molar-refractivity contribution in [2.24, 2.45) is 5.73 Å². The molecule has 3 N–H and O–H groups in total. The number of likely N-dealkylation sites (N-methyl/N-ethyl adjacent to an activating group) is 1. The second-order valence-corrected chi connectivity index (χ2v) is 6.84. The molecule has 0 radical (unpaired) electrons. The van der Waals surface area contributed by atoms with E-state index in [2.05, 4.69) is 14.9 Å². The zero-order valence-electron chi connectivity index (χ0n) is 16.8. The van der Waals surface area contributed by atoms with Crippen molar-refractivity contribution in [2.75, 3.05) is 38.2 Å². The minimum Gasteiger partial charge on any atom is -0.481 e. The normalized spacial score (nSPS) is 16.4. The predicted octanol–water partition coefficient (Wildman–Crippen LogP) is 1.39. The van der Waals surface area contributed by atoms with Crippen LogP contribution in [0.2, 0.25) is 0 Å². The van der Waals surface area contributed by atoms with Gasteiger partial charge in [0.2, 0.25) is 11.8 Å². The number of nitrogens with one attached hydrogen (secondary N) is 1. The third-order valence-electron chi connectivity index (χ3n) is 5.12. The van der Waals surface area contributed by atoms with E-state index in [-0.39, 0.29) is 17.5 Å². The highest BCUT2D eigenvalue weighted by Gasteiger charge is 2.30. The molecule has 0 aliphatic carbocycles. The molecule has 1 saturated heterocycles. The number of hydrogen-bond donors (Lipinski definition) is 2. The Morgan fingerprint density at radius 3 is 3.00 bits per heavy atom. The molecule has 3 rings (SSSR count). The lowest BCUT2D eigenvalue weighted by Gasteiger charge is -2.29. The largest absolute Gasteiger partial charge is 0.481 e. The Morgan fingerprint density at radius 1 is 1.45 bits per heavy atom. The third kappa shape index (κ3) is 4.65. The lowest BCUT2D eigenvalue weighted by molar-refractivity contribution is -0.125. The van der Waals surface area contributed by atoms with Gasteiger partial charge in [0.25, 0.3) is 5.56 Å². The second-order valence-electron chi connectivity index (χ2n) is 6.84. The highest BCUT2D eigenvalue weighted by atomic mass is 16.5. The summed E-state index contributed by atoms with van der Waals surface area (Å²) in [5.74, 6) is 0.471. The number of aromatic amines is 1. The standard InChI is InChI=1S/C21H27N5O3/c1-3-26(17-7-10-25(14-17)20(27)5-4-8-22)18-11-16(13-24-21(18)28)15-6-9-23-19(12-15)29-2/h4-6,9,11-13,17H,3,7-8,10,14,22H2,1-2H3,(H,24,28)/t17-/m0/s1. The molecular formula is C21H27N5O3. The Kier molecular flexibility index (Phi) is 6.66. The van der Waals surface area contributed by atoms with Crippen molar-refractivity contribution < 1.29 is 9.53 Å². The molecule has 8 nitrogen and oxygen atoms in total. The summed E-state index contributed by atoms with van der Waals surface area (Å²) in [7, 11) is 1.57. The van der Waals surface area contributed by atoms with Crippen molar-refractivity contribution in [1.82, 2.24) is 14.9 Å². The molecule has 8 heteroatoms. The van der Waals surface area contributed by atoms with Crippen molar-refractivity contribution in [3.05, 3.63) is 53.1 Å². The fourth-order valence-corrected chi connectivity index (χ4v) is 3.65. The van der Waals surface area contributed by atoms with Crippen molar-refractivity contribution in [3.8, 4) is 17.0 Å². The van der Waals surface area contributed by atoms with Crippen LogP contribution in [0.25, 0.3) is 11.1 Å². The molecule has 0 unspecified atom stereocenters. The van der Waals surface area contributed by atoms with Crippen LogP contribution in [0.3, 0.4) is 0 Å². The number of amides is 1. The smallest absolute Gasteiger partial charge is 0.271 e. The van der Waals surface area contributed by atoms with E-state index in [0.29, 0.717) is 37.7 Å². The Bertz CT molecular complexity index is 940. The minimum atomic E-state index is -0.149. The van der Waals surface area contributed by atoms with Crippen LogP contribution in [-0.2, 0) is 4.79 Å². The number of hydrogen-bond acceptors (Lipinski definition) is 6. The van der Waals surface area contributed by atoms with Gasteiger partial charge >= 0.3 is 0 Å². The molecule has 154 valence electrons. The van der Waals surface area contributed by atoms with Gasteiger partial charge < -0.3 is 25.3 Å². The van der Waals surface area contributed by atoms with Crippen LogP contribution in [0.5, 0.6) is 5.88 Å². The van der Waals surface area contributed by atoms with E-state index in [1.807, 2.05) is 25.1 Å². The number of carbonyl (C=O) groups is 1. The molecule has 2 aromatic heterocycles. The van der Waals surface area contributed by atoms with Crippen LogP contribution >= 0.6 is 0 Å². The van der Waals surface area contributed by atoms with Gasteiger partial charge in [-0.15, -0.1) is 0 Å². The van der Waals surface area contributed by atoms with Crippen molar-refractivity contribution >= 4 is 11.6 Å². The topological polar surface area (TPSA) is 105 Å². The quantitative estimate of drug-likeness (QED) is 0.684. The van der Waals surface area contributed by atoms with Gasteiger partial charge in [-0.1, -0.05) is 6.08 Å². The number of methoxy groups -OCH3 is 1. The fourth-order valence-electron chi connectivity index (χ4n) is 3.65. The number of carbonyl (C=O) groups excluding carboxylic acids is 1. The van der Waals surface area contributed by atoms with Gasteiger partial charge in [-0.05, 0) is 31.0 Å². The van der Waals surface area contributed by atoms with Crippen LogP contribution in [-0.4, -0.2) is 60.1 Å². The van der Waals surface area contributed by atoms with Crippen LogP contribution in [0.15, 0.2) is 47.5 Å². The summed E-state index contributed by atoms with van der Waals surface area (Å²) in [6.07, 6.45) is 7.35. The summed E-state index contributed by atoms with van der Waals surface area (Å²) < 4.78 is 5.20. The average molecular weight is 397 g/mol. The number of ether oxygens (including phenoxy) is 1. The first-order valence-corrected chi connectivity index (χ1v) is 9.72. The number of aromatic nitrogens is 2. The summed E-state index contributed by atoms with van der Waals surface area (Å²) in [6, 6.07) is 5.66. The molecule has 1 atom stereocenters. The second kappa shape index (κ2) is 9.38. The maximum Gasteiger partial charge on any atom is 0.271 e. The minimum absolute atomic E-state index is 0.0412. The monoisotopic (exact) mass is 397 g/mol. The maximum absolute atomic E-state index is 12.6. The zero-order chi connectivity index (χ0) is 20.8. The number of anilines is 1. The molecule has 3 heterocycles. The van der Waals surface area contributed by atoms with E-state index >= 15 is 0 Å². The first-order chi connectivity index (χ1) is 14.1. The van der Waals surface area contributed by atoms with E-state index in [1.165, 1.54) is 6.08 Å². The van der Waals surface area contributed by atoms with E-state index in [1.54, 1.807) is 30.5 Å². The van der Waals surface area contributed by atoms with Gasteiger partial charge in [-0.3, -0.25) is 9.59 Å². The van der Waals surface area contributed by atoms with E-state index < -0.39 is 0 Å². The van der Waals surface area contributed by atoms with Gasteiger partial charge in [0.1, 0.15) is 5.69 Å². The highest BCUT2D eigenvalue weighted by molar-refractivity contribution is 5.88. The van der Waals surface area contributed by atoms with Crippen LogP contribution < -0.4 is 20.9 Å². The zero-order valence-corrected chi connectivity index (χ0v) is 16.8. The first-order valence-electron chi connectivity index (χ1n) is 9.72. The van der Waals surface area contributed by atoms with E-state index in [9.17, 15) is 9.59 Å². The SMILES string of the molecule is CCN(c1cc(-c2ccnc(OC)c2)c[nH]c1=O)[C@H]1CCN(C(=O)C=CCN)C1. The molecule has 0 saturated carbocycles. The number of likely N-dealkylation sites (tertiary alicyclic amines) is 1. The molecule has 1 fully saturated rings. The predicted molar refractivity (Wildman–Crippen MR) is 113 cm³/mol. The Balaban J connectivity index is 1.85. The van der Waals surface area contributed by atoms with Gasteiger partial charge in [0.05, 0.1) is 7.11 Å². The summed E-state index contributed by atoms with van der Waals surface area (Å²) in [5.41, 5.74) is 7.65.